The summed E-state index contributed by atoms with van der Waals surface area (Å²) in [5.41, 5.74) is 1.38. The predicted molar refractivity (Wildman–Crippen MR) is 180 cm³/mol. The molecule has 0 saturated heterocycles. The van der Waals surface area contributed by atoms with Crippen LogP contribution in [0.2, 0.25) is 10.0 Å². The first-order valence-corrected chi connectivity index (χ1v) is 16.6. The van der Waals surface area contributed by atoms with Crippen molar-refractivity contribution in [1.29, 1.82) is 0 Å². The number of sulfonamides is 1. The number of amides is 2. The van der Waals surface area contributed by atoms with Crippen molar-refractivity contribution < 1.29 is 27.5 Å². The molecule has 4 aromatic rings. The van der Waals surface area contributed by atoms with E-state index < -0.39 is 34.4 Å². The standard InChI is InChI=1S/C34H35Cl2N3O6S/c1-4-37-34(41)30(20-24-12-7-5-8-13-24)38(22-27-28(35)16-11-17-29(27)36)33(40)23-39(46(42,43)26-14-9-6-10-15-26)25-18-19-31(44-2)32(21-25)45-3/h5-19,21,30H,4,20,22-23H2,1-3H3,(H,37,41)/t30-/m1/s1. The van der Waals surface area contributed by atoms with E-state index >= 15 is 0 Å². The number of anilines is 1. The molecule has 0 bridgehead atoms. The third kappa shape index (κ3) is 8.12. The fourth-order valence-electron chi connectivity index (χ4n) is 4.93. The Kier molecular flexibility index (Phi) is 11.9. The van der Waals surface area contributed by atoms with E-state index in [0.29, 0.717) is 27.9 Å². The molecule has 2 amide bonds. The number of rotatable bonds is 14. The molecule has 0 aromatic heterocycles. The van der Waals surface area contributed by atoms with Crippen LogP contribution in [0.3, 0.4) is 0 Å². The third-order valence-electron chi connectivity index (χ3n) is 7.28. The summed E-state index contributed by atoms with van der Waals surface area (Å²) in [5, 5.41) is 3.42. The number of carbonyl (C=O) groups is 2. The number of benzene rings is 4. The van der Waals surface area contributed by atoms with E-state index in [9.17, 15) is 18.0 Å². The summed E-state index contributed by atoms with van der Waals surface area (Å²) < 4.78 is 40.1. The minimum Gasteiger partial charge on any atom is -0.493 e. The fraction of sp³-hybridized carbons (Fsp3) is 0.235. The lowest BCUT2D eigenvalue weighted by molar-refractivity contribution is -0.140. The maximum absolute atomic E-state index is 14.5. The molecule has 0 unspecified atom stereocenters. The van der Waals surface area contributed by atoms with E-state index in [2.05, 4.69) is 5.32 Å². The summed E-state index contributed by atoms with van der Waals surface area (Å²) in [6.07, 6.45) is 0.155. The quantitative estimate of drug-likeness (QED) is 0.175. The number of nitrogens with one attached hydrogen (secondary N) is 1. The molecule has 0 spiro atoms. The molecule has 0 radical (unpaired) electrons. The first kappa shape index (κ1) is 34.6. The molecule has 4 aromatic carbocycles. The zero-order chi connectivity index (χ0) is 33.3. The van der Waals surface area contributed by atoms with E-state index in [1.54, 1.807) is 49.4 Å². The van der Waals surface area contributed by atoms with Crippen molar-refractivity contribution in [1.82, 2.24) is 10.2 Å². The van der Waals surface area contributed by atoms with Gasteiger partial charge in [-0.1, -0.05) is 77.8 Å². The number of hydrogen-bond donors (Lipinski definition) is 1. The van der Waals surface area contributed by atoms with Crippen LogP contribution in [0.1, 0.15) is 18.1 Å². The molecule has 1 atom stereocenters. The Bertz CT molecular complexity index is 1740. The molecule has 0 fully saturated rings. The monoisotopic (exact) mass is 683 g/mol. The lowest BCUT2D eigenvalue weighted by Crippen LogP contribution is -2.53. The average molecular weight is 685 g/mol. The topological polar surface area (TPSA) is 105 Å². The van der Waals surface area contributed by atoms with Crippen molar-refractivity contribution in [3.8, 4) is 11.5 Å². The molecule has 1 N–H and O–H groups in total. The number of carbonyl (C=O) groups excluding carboxylic acids is 2. The van der Waals surface area contributed by atoms with Crippen LogP contribution in [0.15, 0.2) is 102 Å². The predicted octanol–water partition coefficient (Wildman–Crippen LogP) is 5.98. The summed E-state index contributed by atoms with van der Waals surface area (Å²) in [7, 11) is -1.40. The molecule has 9 nitrogen and oxygen atoms in total. The van der Waals surface area contributed by atoms with Gasteiger partial charge >= 0.3 is 0 Å². The molecule has 0 aliphatic carbocycles. The minimum atomic E-state index is -4.29. The molecule has 4 rings (SSSR count). The van der Waals surface area contributed by atoms with Crippen LogP contribution in [0.5, 0.6) is 11.5 Å². The Balaban J connectivity index is 1.86. The van der Waals surface area contributed by atoms with Gasteiger partial charge in [-0.3, -0.25) is 13.9 Å². The molecule has 242 valence electrons. The van der Waals surface area contributed by atoms with Gasteiger partial charge in [-0.2, -0.15) is 0 Å². The summed E-state index contributed by atoms with van der Waals surface area (Å²) in [5.74, 6) is -0.419. The Hall–Kier alpha value is -4.25. The van der Waals surface area contributed by atoms with Crippen LogP contribution in [-0.4, -0.2) is 58.5 Å². The molecule has 46 heavy (non-hydrogen) atoms. The maximum Gasteiger partial charge on any atom is 0.264 e. The first-order chi connectivity index (χ1) is 22.1. The molecule has 0 saturated carbocycles. The summed E-state index contributed by atoms with van der Waals surface area (Å²) in [6, 6.07) is 25.5. The van der Waals surface area contributed by atoms with Gasteiger partial charge in [0.05, 0.1) is 24.8 Å². The second-order valence-electron chi connectivity index (χ2n) is 10.2. The van der Waals surface area contributed by atoms with Crippen molar-refractivity contribution in [3.05, 3.63) is 118 Å². The van der Waals surface area contributed by atoms with Gasteiger partial charge in [-0.15, -0.1) is 0 Å². The molecular formula is C34H35Cl2N3O6S. The Morgan fingerprint density at radius 3 is 2.02 bits per heavy atom. The highest BCUT2D eigenvalue weighted by Crippen LogP contribution is 2.34. The van der Waals surface area contributed by atoms with Gasteiger partial charge in [0.25, 0.3) is 10.0 Å². The summed E-state index contributed by atoms with van der Waals surface area (Å²) in [4.78, 5) is 29.5. The van der Waals surface area contributed by atoms with Gasteiger partial charge in [0.2, 0.25) is 11.8 Å². The smallest absolute Gasteiger partial charge is 0.264 e. The normalized spacial score (nSPS) is 11.8. The summed E-state index contributed by atoms with van der Waals surface area (Å²) >= 11 is 13.1. The highest BCUT2D eigenvalue weighted by molar-refractivity contribution is 7.92. The van der Waals surface area contributed by atoms with Crippen LogP contribution < -0.4 is 19.1 Å². The van der Waals surface area contributed by atoms with Crippen molar-refractivity contribution >= 4 is 50.7 Å². The third-order valence-corrected chi connectivity index (χ3v) is 9.77. The van der Waals surface area contributed by atoms with Gasteiger partial charge in [0, 0.05) is 41.2 Å². The lowest BCUT2D eigenvalue weighted by Gasteiger charge is -2.34. The van der Waals surface area contributed by atoms with E-state index in [4.69, 9.17) is 32.7 Å². The largest absolute Gasteiger partial charge is 0.493 e. The minimum absolute atomic E-state index is 0.0251. The number of likely N-dealkylation sites (N-methyl/N-ethyl adjacent to an activating group) is 1. The van der Waals surface area contributed by atoms with Gasteiger partial charge in [0.1, 0.15) is 12.6 Å². The van der Waals surface area contributed by atoms with Crippen LogP contribution in [0.4, 0.5) is 5.69 Å². The molecule has 0 heterocycles. The van der Waals surface area contributed by atoms with E-state index in [-0.39, 0.29) is 29.3 Å². The lowest BCUT2D eigenvalue weighted by atomic mass is 10.0. The Morgan fingerprint density at radius 2 is 1.43 bits per heavy atom. The van der Waals surface area contributed by atoms with Crippen molar-refractivity contribution in [2.45, 2.75) is 30.8 Å². The van der Waals surface area contributed by atoms with Gasteiger partial charge in [0.15, 0.2) is 11.5 Å². The van der Waals surface area contributed by atoms with Gasteiger partial charge < -0.3 is 19.7 Å². The van der Waals surface area contributed by atoms with Crippen LogP contribution in [-0.2, 0) is 32.6 Å². The number of ether oxygens (including phenoxy) is 2. The SMILES string of the molecule is CCNC(=O)[C@@H](Cc1ccccc1)N(Cc1c(Cl)cccc1Cl)C(=O)CN(c1ccc(OC)c(OC)c1)S(=O)(=O)c1ccccc1. The summed E-state index contributed by atoms with van der Waals surface area (Å²) in [6.45, 7) is 1.29. The molecule has 12 heteroatoms. The average Bonchev–Trinajstić information content (AvgIpc) is 3.06. The molecule has 0 aliphatic heterocycles. The van der Waals surface area contributed by atoms with Gasteiger partial charge in [-0.05, 0) is 48.9 Å². The van der Waals surface area contributed by atoms with Crippen LogP contribution in [0.25, 0.3) is 0 Å². The fourth-order valence-corrected chi connectivity index (χ4v) is 6.87. The van der Waals surface area contributed by atoms with Crippen LogP contribution >= 0.6 is 23.2 Å². The first-order valence-electron chi connectivity index (χ1n) is 14.4. The number of hydrogen-bond acceptors (Lipinski definition) is 6. The van der Waals surface area contributed by atoms with E-state index in [1.807, 2.05) is 30.3 Å². The number of halogens is 2. The van der Waals surface area contributed by atoms with E-state index in [1.165, 1.54) is 43.4 Å². The molecular weight excluding hydrogens is 649 g/mol. The Labute approximate surface area is 279 Å². The number of methoxy groups -OCH3 is 2. The van der Waals surface area contributed by atoms with Gasteiger partial charge in [-0.25, -0.2) is 8.42 Å². The maximum atomic E-state index is 14.5. The van der Waals surface area contributed by atoms with Crippen molar-refractivity contribution in [2.24, 2.45) is 0 Å². The second kappa shape index (κ2) is 15.8. The molecule has 0 aliphatic rings. The second-order valence-corrected chi connectivity index (χ2v) is 12.9. The van der Waals surface area contributed by atoms with Crippen molar-refractivity contribution in [2.75, 3.05) is 31.6 Å². The van der Waals surface area contributed by atoms with Crippen molar-refractivity contribution in [3.63, 3.8) is 0 Å². The number of nitrogens with zero attached hydrogens (tertiary/aromatic N) is 2. The highest BCUT2D eigenvalue weighted by atomic mass is 35.5. The zero-order valence-corrected chi connectivity index (χ0v) is 28.0. The van der Waals surface area contributed by atoms with Crippen LogP contribution in [0, 0.1) is 0 Å². The zero-order valence-electron chi connectivity index (χ0n) is 25.7. The Morgan fingerprint density at radius 1 is 0.826 bits per heavy atom. The highest BCUT2D eigenvalue weighted by Gasteiger charge is 2.35. The van der Waals surface area contributed by atoms with E-state index in [0.717, 1.165) is 9.87 Å².